The largest absolute Gasteiger partial charge is 0.487 e. The van der Waals surface area contributed by atoms with E-state index in [2.05, 4.69) is 0 Å². The van der Waals surface area contributed by atoms with Crippen LogP contribution in [0.15, 0.2) is 12.1 Å². The molecule has 0 atom stereocenters. The fourth-order valence-electron chi connectivity index (χ4n) is 1.86. The number of hydrogen-bond donors (Lipinski definition) is 0. The number of fused-ring (bicyclic) bond motifs is 1. The molecule has 1 aromatic carbocycles. The molecule has 1 nitrogen and oxygen atoms in total. The van der Waals surface area contributed by atoms with Gasteiger partial charge in [0.1, 0.15) is 5.75 Å². The topological polar surface area (TPSA) is 9.23 Å². The summed E-state index contributed by atoms with van der Waals surface area (Å²) in [5.41, 5.74) is 1.32. The quantitative estimate of drug-likeness (QED) is 0.727. The lowest BCUT2D eigenvalue weighted by Crippen LogP contribution is -2.33. The predicted molar refractivity (Wildman–Crippen MR) is 59.7 cm³/mol. The summed E-state index contributed by atoms with van der Waals surface area (Å²) in [6, 6.07) is 3.57. The van der Waals surface area contributed by atoms with Gasteiger partial charge >= 0.3 is 0 Å². The normalized spacial score (nSPS) is 18.1. The maximum atomic E-state index is 13.2. The van der Waals surface area contributed by atoms with Crippen molar-refractivity contribution in [1.29, 1.82) is 0 Å². The van der Waals surface area contributed by atoms with Gasteiger partial charge in [0.15, 0.2) is 6.61 Å². The summed E-state index contributed by atoms with van der Waals surface area (Å²) < 4.78 is 31.4. The first-order chi connectivity index (χ1) is 7.41. The molecule has 0 N–H and O–H groups in total. The molecule has 1 aromatic rings. The Hall–Kier alpha value is -0.830. The number of ether oxygens (including phenoxy) is 1. The summed E-state index contributed by atoms with van der Waals surface area (Å²) in [5, 5.41) is 0.423. The van der Waals surface area contributed by atoms with Gasteiger partial charge in [0, 0.05) is 12.0 Å². The molecule has 88 valence electrons. The molecule has 4 heteroatoms. The van der Waals surface area contributed by atoms with Gasteiger partial charge in [-0.1, -0.05) is 31.5 Å². The zero-order valence-corrected chi connectivity index (χ0v) is 9.94. The fourth-order valence-corrected chi connectivity index (χ4v) is 2.30. The van der Waals surface area contributed by atoms with Crippen LogP contribution in [0.2, 0.25) is 5.02 Å². The van der Waals surface area contributed by atoms with Gasteiger partial charge < -0.3 is 4.74 Å². The Morgan fingerprint density at radius 3 is 2.69 bits per heavy atom. The molecule has 0 saturated heterocycles. The van der Waals surface area contributed by atoms with Crippen LogP contribution in [-0.4, -0.2) is 12.5 Å². The molecule has 16 heavy (non-hydrogen) atoms. The van der Waals surface area contributed by atoms with Crippen LogP contribution in [0.4, 0.5) is 8.78 Å². The van der Waals surface area contributed by atoms with Crippen LogP contribution in [0.5, 0.6) is 5.75 Å². The molecule has 1 aliphatic rings. The summed E-state index contributed by atoms with van der Waals surface area (Å²) in [7, 11) is 0. The molecule has 0 spiro atoms. The van der Waals surface area contributed by atoms with Crippen LogP contribution in [0.25, 0.3) is 0 Å². The Morgan fingerprint density at radius 2 is 2.06 bits per heavy atom. The lowest BCUT2D eigenvalue weighted by atomic mass is 9.96. The minimum absolute atomic E-state index is 0.216. The van der Waals surface area contributed by atoms with Crippen molar-refractivity contribution in [3.05, 3.63) is 28.3 Å². The number of hydrogen-bond acceptors (Lipinski definition) is 1. The molecule has 1 aliphatic heterocycles. The summed E-state index contributed by atoms with van der Waals surface area (Å²) in [6.45, 7) is 3.40. The van der Waals surface area contributed by atoms with Crippen LogP contribution in [0.3, 0.4) is 0 Å². The van der Waals surface area contributed by atoms with Crippen molar-refractivity contribution < 1.29 is 13.5 Å². The average Bonchev–Trinajstić information content (AvgIpc) is 2.18. The van der Waals surface area contributed by atoms with Gasteiger partial charge in [-0.15, -0.1) is 0 Å². The van der Waals surface area contributed by atoms with E-state index in [-0.39, 0.29) is 12.3 Å². The molecule has 0 aliphatic carbocycles. The van der Waals surface area contributed by atoms with Crippen LogP contribution in [-0.2, 0) is 6.42 Å². The monoisotopic (exact) mass is 246 g/mol. The Kier molecular flexibility index (Phi) is 2.82. The standard InChI is InChI=1S/C12H13ClF2O/c1-7(2)8-3-4-10-9(11(8)13)5-12(14,15)6-16-10/h3-4,7H,5-6H2,1-2H3. The minimum Gasteiger partial charge on any atom is -0.487 e. The van der Waals surface area contributed by atoms with Gasteiger partial charge in [-0.05, 0) is 17.5 Å². The van der Waals surface area contributed by atoms with Crippen molar-refractivity contribution in [2.75, 3.05) is 6.61 Å². The van der Waals surface area contributed by atoms with Crippen molar-refractivity contribution in [2.24, 2.45) is 0 Å². The van der Waals surface area contributed by atoms with Crippen LogP contribution in [0, 0.1) is 0 Å². The number of halogens is 3. The Bertz CT molecular complexity index is 416. The predicted octanol–water partition coefficient (Wildman–Crippen LogP) is 4.03. The van der Waals surface area contributed by atoms with E-state index in [4.69, 9.17) is 16.3 Å². The molecule has 0 amide bonds. The number of alkyl halides is 2. The summed E-state index contributed by atoms with van der Waals surface area (Å²) in [6.07, 6.45) is -0.332. The van der Waals surface area contributed by atoms with Crippen molar-refractivity contribution in [3.8, 4) is 5.75 Å². The van der Waals surface area contributed by atoms with Gasteiger partial charge in [-0.3, -0.25) is 0 Å². The highest BCUT2D eigenvalue weighted by atomic mass is 35.5. The van der Waals surface area contributed by atoms with Crippen LogP contribution >= 0.6 is 11.6 Å². The second-order valence-electron chi connectivity index (χ2n) is 4.42. The van der Waals surface area contributed by atoms with E-state index >= 15 is 0 Å². The van der Waals surface area contributed by atoms with Gasteiger partial charge in [-0.25, -0.2) is 8.78 Å². The average molecular weight is 247 g/mol. The zero-order chi connectivity index (χ0) is 11.9. The first kappa shape index (κ1) is 11.6. The molecule has 0 radical (unpaired) electrons. The highest BCUT2D eigenvalue weighted by molar-refractivity contribution is 6.32. The maximum absolute atomic E-state index is 13.2. The Labute approximate surface area is 98.4 Å². The third kappa shape index (κ3) is 2.01. The highest BCUT2D eigenvalue weighted by Crippen LogP contribution is 2.40. The molecule has 1 heterocycles. The van der Waals surface area contributed by atoms with Gasteiger partial charge in [0.25, 0.3) is 5.92 Å². The second kappa shape index (κ2) is 3.88. The van der Waals surface area contributed by atoms with E-state index < -0.39 is 12.5 Å². The third-order valence-electron chi connectivity index (χ3n) is 2.73. The molecule has 0 aromatic heterocycles. The lowest BCUT2D eigenvalue weighted by molar-refractivity contribution is -0.0514. The molecular weight excluding hydrogens is 234 g/mol. The van der Waals surface area contributed by atoms with Gasteiger partial charge in [0.2, 0.25) is 0 Å². The Balaban J connectivity index is 2.48. The van der Waals surface area contributed by atoms with Crippen molar-refractivity contribution in [1.82, 2.24) is 0 Å². The van der Waals surface area contributed by atoms with E-state index in [1.807, 2.05) is 19.9 Å². The number of benzene rings is 1. The molecule has 0 saturated carbocycles. The SMILES string of the molecule is CC(C)c1ccc2c(c1Cl)CC(F)(F)CO2. The molecule has 0 unspecified atom stereocenters. The molecule has 0 fully saturated rings. The van der Waals surface area contributed by atoms with E-state index in [1.54, 1.807) is 6.07 Å². The maximum Gasteiger partial charge on any atom is 0.285 e. The first-order valence-electron chi connectivity index (χ1n) is 5.22. The van der Waals surface area contributed by atoms with Crippen LogP contribution in [0.1, 0.15) is 30.9 Å². The Morgan fingerprint density at radius 1 is 1.38 bits per heavy atom. The van der Waals surface area contributed by atoms with E-state index in [9.17, 15) is 8.78 Å². The van der Waals surface area contributed by atoms with Gasteiger partial charge in [0.05, 0.1) is 5.02 Å². The van der Waals surface area contributed by atoms with Crippen LogP contribution < -0.4 is 4.74 Å². The van der Waals surface area contributed by atoms with E-state index in [1.165, 1.54) is 0 Å². The first-order valence-corrected chi connectivity index (χ1v) is 5.60. The number of rotatable bonds is 1. The minimum atomic E-state index is -2.81. The van der Waals surface area contributed by atoms with E-state index in [0.717, 1.165) is 5.56 Å². The van der Waals surface area contributed by atoms with Gasteiger partial charge in [-0.2, -0.15) is 0 Å². The highest BCUT2D eigenvalue weighted by Gasteiger charge is 2.37. The molecule has 2 rings (SSSR count). The summed E-state index contributed by atoms with van der Waals surface area (Å²) in [5.74, 6) is -2.11. The lowest BCUT2D eigenvalue weighted by Gasteiger charge is -2.27. The summed E-state index contributed by atoms with van der Waals surface area (Å²) in [4.78, 5) is 0. The molecular formula is C12H13ClF2O. The van der Waals surface area contributed by atoms with E-state index in [0.29, 0.717) is 16.3 Å². The van der Waals surface area contributed by atoms with Crippen molar-refractivity contribution >= 4 is 11.6 Å². The fraction of sp³-hybridized carbons (Fsp3) is 0.500. The van der Waals surface area contributed by atoms with Crippen molar-refractivity contribution in [2.45, 2.75) is 32.1 Å². The smallest absolute Gasteiger partial charge is 0.285 e. The molecule has 0 bridgehead atoms. The second-order valence-corrected chi connectivity index (χ2v) is 4.80. The van der Waals surface area contributed by atoms with Crippen molar-refractivity contribution in [3.63, 3.8) is 0 Å². The third-order valence-corrected chi connectivity index (χ3v) is 3.17. The summed E-state index contributed by atoms with van der Waals surface area (Å²) >= 11 is 6.14. The zero-order valence-electron chi connectivity index (χ0n) is 9.19.